The second kappa shape index (κ2) is 17.3. The van der Waals surface area contributed by atoms with Crippen LogP contribution >= 0.6 is 0 Å². The summed E-state index contributed by atoms with van der Waals surface area (Å²) in [4.78, 5) is 47.6. The summed E-state index contributed by atoms with van der Waals surface area (Å²) in [5.74, 6) is -1.89. The number of esters is 2. The SMILES string of the molecule is CCCCCOC(=O)OC(C)CN[C@@H](Cc1ccc(OC(=O)CCC)c(OC(=O)CCC)c1)C(=O)O. The van der Waals surface area contributed by atoms with Gasteiger partial charge in [-0.1, -0.05) is 39.7 Å². The topological polar surface area (TPSA) is 137 Å². The fourth-order valence-corrected chi connectivity index (χ4v) is 3.14. The van der Waals surface area contributed by atoms with E-state index in [1.54, 1.807) is 13.0 Å². The highest BCUT2D eigenvalue weighted by molar-refractivity contribution is 5.77. The van der Waals surface area contributed by atoms with Gasteiger partial charge in [0.1, 0.15) is 12.1 Å². The second-order valence-corrected chi connectivity index (χ2v) is 8.47. The van der Waals surface area contributed by atoms with Gasteiger partial charge in [-0.2, -0.15) is 0 Å². The summed E-state index contributed by atoms with van der Waals surface area (Å²) in [5.41, 5.74) is 0.549. The number of rotatable bonds is 17. The molecule has 1 rings (SSSR count). The van der Waals surface area contributed by atoms with Crippen LogP contribution in [0, 0.1) is 0 Å². The van der Waals surface area contributed by atoms with Crippen LogP contribution in [-0.4, -0.2) is 54.5 Å². The third kappa shape index (κ3) is 12.5. The molecule has 0 saturated carbocycles. The first-order valence-electron chi connectivity index (χ1n) is 12.5. The molecule has 0 aliphatic heterocycles. The molecule has 2 atom stereocenters. The quantitative estimate of drug-likeness (QED) is 0.176. The summed E-state index contributed by atoms with van der Waals surface area (Å²) in [6.45, 7) is 7.71. The minimum absolute atomic E-state index is 0.0467. The lowest BCUT2D eigenvalue weighted by Gasteiger charge is -2.19. The van der Waals surface area contributed by atoms with Gasteiger partial charge in [-0.3, -0.25) is 14.4 Å². The van der Waals surface area contributed by atoms with E-state index in [2.05, 4.69) is 5.32 Å². The molecule has 0 bridgehead atoms. The number of nitrogens with one attached hydrogen (secondary N) is 1. The first-order chi connectivity index (χ1) is 17.2. The maximum absolute atomic E-state index is 12.1. The van der Waals surface area contributed by atoms with Gasteiger partial charge in [-0.25, -0.2) is 4.79 Å². The summed E-state index contributed by atoms with van der Waals surface area (Å²) in [5, 5.41) is 12.5. The Balaban J connectivity index is 2.82. The van der Waals surface area contributed by atoms with Crippen molar-refractivity contribution in [2.24, 2.45) is 0 Å². The van der Waals surface area contributed by atoms with Crippen LogP contribution in [-0.2, 0) is 30.3 Å². The number of unbranched alkanes of at least 4 members (excludes halogenated alkanes) is 2. The molecule has 202 valence electrons. The molecule has 1 unspecified atom stereocenters. The number of hydrogen-bond acceptors (Lipinski definition) is 9. The first kappa shape index (κ1) is 30.9. The summed E-state index contributed by atoms with van der Waals surface area (Å²) in [6.07, 6.45) is 2.93. The van der Waals surface area contributed by atoms with Crippen molar-refractivity contribution in [2.45, 2.75) is 91.2 Å². The average molecular weight is 510 g/mol. The Hall–Kier alpha value is -3.14. The Morgan fingerprint density at radius 3 is 2.14 bits per heavy atom. The van der Waals surface area contributed by atoms with E-state index in [4.69, 9.17) is 18.9 Å². The van der Waals surface area contributed by atoms with E-state index in [1.807, 2.05) is 20.8 Å². The van der Waals surface area contributed by atoms with Gasteiger partial charge in [0, 0.05) is 19.4 Å². The lowest BCUT2D eigenvalue weighted by molar-refractivity contribution is -0.139. The Labute approximate surface area is 212 Å². The molecule has 10 heteroatoms. The molecule has 0 aromatic heterocycles. The molecule has 36 heavy (non-hydrogen) atoms. The minimum atomic E-state index is -1.10. The average Bonchev–Trinajstić information content (AvgIpc) is 2.81. The molecule has 0 aliphatic carbocycles. The molecule has 1 aromatic rings. The van der Waals surface area contributed by atoms with Gasteiger partial charge < -0.3 is 29.4 Å². The summed E-state index contributed by atoms with van der Waals surface area (Å²) < 4.78 is 20.8. The molecule has 0 heterocycles. The number of aliphatic carboxylic acids is 1. The summed E-state index contributed by atoms with van der Waals surface area (Å²) in [6, 6.07) is 3.57. The van der Waals surface area contributed by atoms with Crippen molar-refractivity contribution < 1.29 is 43.2 Å². The van der Waals surface area contributed by atoms with Crippen molar-refractivity contribution in [3.05, 3.63) is 23.8 Å². The van der Waals surface area contributed by atoms with Crippen molar-refractivity contribution in [1.82, 2.24) is 5.32 Å². The minimum Gasteiger partial charge on any atom is -0.480 e. The molecule has 0 saturated heterocycles. The number of carboxylic acid groups (broad SMARTS) is 1. The smallest absolute Gasteiger partial charge is 0.480 e. The number of carboxylic acids is 1. The zero-order valence-electron chi connectivity index (χ0n) is 21.7. The van der Waals surface area contributed by atoms with Crippen LogP contribution in [0.4, 0.5) is 4.79 Å². The molecule has 0 aliphatic rings. The van der Waals surface area contributed by atoms with Gasteiger partial charge in [-0.15, -0.1) is 0 Å². The first-order valence-corrected chi connectivity index (χ1v) is 12.5. The maximum atomic E-state index is 12.1. The fourth-order valence-electron chi connectivity index (χ4n) is 3.14. The van der Waals surface area contributed by atoms with Gasteiger partial charge in [0.15, 0.2) is 11.5 Å². The van der Waals surface area contributed by atoms with Crippen molar-refractivity contribution in [3.8, 4) is 11.5 Å². The third-order valence-electron chi connectivity index (χ3n) is 5.02. The van der Waals surface area contributed by atoms with E-state index in [0.717, 1.165) is 19.3 Å². The van der Waals surface area contributed by atoms with Crippen LogP contribution in [0.15, 0.2) is 18.2 Å². The van der Waals surface area contributed by atoms with Gasteiger partial charge in [0.2, 0.25) is 0 Å². The largest absolute Gasteiger partial charge is 0.508 e. The summed E-state index contributed by atoms with van der Waals surface area (Å²) in [7, 11) is 0. The van der Waals surface area contributed by atoms with Crippen LogP contribution in [0.1, 0.15) is 78.2 Å². The molecular formula is C26H39NO9. The van der Waals surface area contributed by atoms with Gasteiger partial charge >= 0.3 is 24.1 Å². The lowest BCUT2D eigenvalue weighted by atomic mass is 10.0. The molecular weight excluding hydrogens is 470 g/mol. The second-order valence-electron chi connectivity index (χ2n) is 8.47. The molecule has 10 nitrogen and oxygen atoms in total. The monoisotopic (exact) mass is 509 g/mol. The third-order valence-corrected chi connectivity index (χ3v) is 5.02. The van der Waals surface area contributed by atoms with Crippen molar-refractivity contribution in [2.75, 3.05) is 13.2 Å². The van der Waals surface area contributed by atoms with E-state index in [-0.39, 0.29) is 43.9 Å². The van der Waals surface area contributed by atoms with Crippen LogP contribution in [0.3, 0.4) is 0 Å². The van der Waals surface area contributed by atoms with Gasteiger partial charge in [-0.05, 0) is 50.3 Å². The van der Waals surface area contributed by atoms with Crippen LogP contribution < -0.4 is 14.8 Å². The number of hydrogen-bond donors (Lipinski definition) is 2. The Kier molecular flexibility index (Phi) is 14.9. The van der Waals surface area contributed by atoms with E-state index < -0.39 is 36.2 Å². The molecule has 0 amide bonds. The van der Waals surface area contributed by atoms with E-state index in [9.17, 15) is 24.3 Å². The molecule has 0 radical (unpaired) electrons. The zero-order valence-corrected chi connectivity index (χ0v) is 21.7. The van der Waals surface area contributed by atoms with Crippen molar-refractivity contribution >= 4 is 24.1 Å². The normalized spacial score (nSPS) is 12.3. The maximum Gasteiger partial charge on any atom is 0.508 e. The van der Waals surface area contributed by atoms with Gasteiger partial charge in [0.25, 0.3) is 0 Å². The zero-order chi connectivity index (χ0) is 26.9. The Bertz CT molecular complexity index is 856. The number of benzene rings is 1. The number of carbonyl (C=O) groups is 4. The highest BCUT2D eigenvalue weighted by atomic mass is 16.7. The van der Waals surface area contributed by atoms with Crippen LogP contribution in [0.25, 0.3) is 0 Å². The Morgan fingerprint density at radius 1 is 0.917 bits per heavy atom. The molecule has 0 spiro atoms. The van der Waals surface area contributed by atoms with E-state index in [1.165, 1.54) is 12.1 Å². The predicted molar refractivity (Wildman–Crippen MR) is 132 cm³/mol. The number of carbonyl (C=O) groups excluding carboxylic acids is 3. The van der Waals surface area contributed by atoms with Crippen LogP contribution in [0.2, 0.25) is 0 Å². The predicted octanol–water partition coefficient (Wildman–Crippen LogP) is 4.41. The standard InChI is InChI=1S/C26H39NO9/c1-5-8-9-14-33-26(32)34-18(4)17-27-20(25(30)31)15-19-12-13-21(35-23(28)10-6-2)22(16-19)36-24(29)11-7-3/h12-13,16,18,20,27H,5-11,14-15,17H2,1-4H3,(H,30,31)/t18?,20-/m0/s1. The lowest BCUT2D eigenvalue weighted by Crippen LogP contribution is -2.42. The fraction of sp³-hybridized carbons (Fsp3) is 0.615. The van der Waals surface area contributed by atoms with Crippen molar-refractivity contribution in [3.63, 3.8) is 0 Å². The highest BCUT2D eigenvalue weighted by Crippen LogP contribution is 2.30. The van der Waals surface area contributed by atoms with Gasteiger partial charge in [0.05, 0.1) is 6.61 Å². The van der Waals surface area contributed by atoms with Crippen LogP contribution in [0.5, 0.6) is 11.5 Å². The van der Waals surface area contributed by atoms with Crippen molar-refractivity contribution in [1.29, 1.82) is 0 Å². The Morgan fingerprint density at radius 2 is 1.56 bits per heavy atom. The highest BCUT2D eigenvalue weighted by Gasteiger charge is 2.22. The number of ether oxygens (including phenoxy) is 4. The van der Waals surface area contributed by atoms with E-state index in [0.29, 0.717) is 18.4 Å². The molecule has 1 aromatic carbocycles. The summed E-state index contributed by atoms with van der Waals surface area (Å²) >= 11 is 0. The van der Waals surface area contributed by atoms with E-state index >= 15 is 0 Å². The molecule has 0 fully saturated rings. The molecule has 2 N–H and O–H groups in total.